The number of aryl methyl sites for hydroxylation is 2. The lowest BCUT2D eigenvalue weighted by Crippen LogP contribution is -2.48. The molecule has 1 fully saturated rings. The zero-order valence-electron chi connectivity index (χ0n) is 14.7. The lowest BCUT2D eigenvalue weighted by Gasteiger charge is -2.37. The van der Waals surface area contributed by atoms with Crippen LogP contribution in [0.25, 0.3) is 11.0 Å². The van der Waals surface area contributed by atoms with Gasteiger partial charge >= 0.3 is 0 Å². The highest BCUT2D eigenvalue weighted by Gasteiger charge is 2.31. The second-order valence-electron chi connectivity index (χ2n) is 6.56. The van der Waals surface area contributed by atoms with E-state index in [0.29, 0.717) is 23.7 Å². The molecule has 0 saturated carbocycles. The quantitative estimate of drug-likeness (QED) is 0.754. The summed E-state index contributed by atoms with van der Waals surface area (Å²) in [6.07, 6.45) is 1.71. The van der Waals surface area contributed by atoms with Gasteiger partial charge in [-0.2, -0.15) is 5.10 Å². The van der Waals surface area contributed by atoms with Crippen LogP contribution in [0.3, 0.4) is 0 Å². The SMILES string of the molecule is Cc1cc(C(=O)N2CCNCC2c2ccccc2Cl)c2cnn(C)c2n1. The Morgan fingerprint density at radius 2 is 2.15 bits per heavy atom. The summed E-state index contributed by atoms with van der Waals surface area (Å²) < 4.78 is 1.70. The van der Waals surface area contributed by atoms with Crippen LogP contribution in [0.1, 0.15) is 27.7 Å². The highest BCUT2D eigenvalue weighted by Crippen LogP contribution is 2.30. The summed E-state index contributed by atoms with van der Waals surface area (Å²) in [4.78, 5) is 19.9. The van der Waals surface area contributed by atoms with Crippen LogP contribution < -0.4 is 5.32 Å². The third-order valence-electron chi connectivity index (χ3n) is 4.83. The number of rotatable bonds is 2. The molecule has 3 heterocycles. The van der Waals surface area contributed by atoms with Gasteiger partial charge in [-0.1, -0.05) is 29.8 Å². The van der Waals surface area contributed by atoms with Gasteiger partial charge in [0.15, 0.2) is 5.65 Å². The number of fused-ring (bicyclic) bond motifs is 1. The molecule has 1 N–H and O–H groups in total. The summed E-state index contributed by atoms with van der Waals surface area (Å²) in [5, 5.41) is 9.09. The van der Waals surface area contributed by atoms with E-state index in [1.165, 1.54) is 0 Å². The van der Waals surface area contributed by atoms with Crippen LogP contribution in [0.5, 0.6) is 0 Å². The minimum Gasteiger partial charge on any atom is -0.329 e. The summed E-state index contributed by atoms with van der Waals surface area (Å²) in [6.45, 7) is 3.95. The molecule has 26 heavy (non-hydrogen) atoms. The Bertz CT molecular complexity index is 983. The predicted octanol–water partition coefficient (Wildman–Crippen LogP) is 2.72. The molecule has 0 spiro atoms. The molecule has 1 unspecified atom stereocenters. The number of amides is 1. The van der Waals surface area contributed by atoms with Crippen LogP contribution in [0, 0.1) is 6.92 Å². The Morgan fingerprint density at radius 1 is 1.35 bits per heavy atom. The monoisotopic (exact) mass is 369 g/mol. The molecule has 4 rings (SSSR count). The Kier molecular flexibility index (Phi) is 4.38. The summed E-state index contributed by atoms with van der Waals surface area (Å²) in [6, 6.07) is 9.44. The number of halogens is 1. The van der Waals surface area contributed by atoms with Crippen molar-refractivity contribution in [2.45, 2.75) is 13.0 Å². The number of hydrogen-bond acceptors (Lipinski definition) is 4. The Hall–Kier alpha value is -2.44. The van der Waals surface area contributed by atoms with Crippen molar-refractivity contribution in [3.63, 3.8) is 0 Å². The average molecular weight is 370 g/mol. The number of nitrogens with one attached hydrogen (secondary N) is 1. The van der Waals surface area contributed by atoms with Crippen molar-refractivity contribution in [3.05, 3.63) is 58.4 Å². The molecule has 2 aromatic heterocycles. The number of carbonyl (C=O) groups excluding carboxylic acids is 1. The Labute approximate surface area is 156 Å². The minimum atomic E-state index is -0.106. The van der Waals surface area contributed by atoms with Crippen molar-refractivity contribution in [3.8, 4) is 0 Å². The lowest BCUT2D eigenvalue weighted by molar-refractivity contribution is 0.0636. The van der Waals surface area contributed by atoms with E-state index in [1.54, 1.807) is 10.9 Å². The van der Waals surface area contributed by atoms with Crippen LogP contribution in [0.4, 0.5) is 0 Å². The molecule has 0 aliphatic carbocycles. The number of benzene rings is 1. The van der Waals surface area contributed by atoms with Gasteiger partial charge in [-0.25, -0.2) is 4.98 Å². The van der Waals surface area contributed by atoms with Crippen LogP contribution >= 0.6 is 11.6 Å². The van der Waals surface area contributed by atoms with Crippen molar-refractivity contribution >= 4 is 28.5 Å². The maximum Gasteiger partial charge on any atom is 0.255 e. The standard InChI is InChI=1S/C19H20ClN5O/c1-12-9-14(15-10-22-24(2)18(15)23-12)19(26)25-8-7-21-11-17(25)13-5-3-4-6-16(13)20/h3-6,9-10,17,21H,7-8,11H2,1-2H3. The Balaban J connectivity index is 1.78. The predicted molar refractivity (Wildman–Crippen MR) is 101 cm³/mol. The first-order valence-corrected chi connectivity index (χ1v) is 8.99. The highest BCUT2D eigenvalue weighted by molar-refractivity contribution is 6.31. The summed E-state index contributed by atoms with van der Waals surface area (Å²) in [5.74, 6) is -0.0140. The number of hydrogen-bond donors (Lipinski definition) is 1. The van der Waals surface area contributed by atoms with E-state index in [-0.39, 0.29) is 11.9 Å². The molecule has 7 heteroatoms. The van der Waals surface area contributed by atoms with Gasteiger partial charge in [0.05, 0.1) is 23.2 Å². The molecule has 1 amide bonds. The van der Waals surface area contributed by atoms with E-state index in [9.17, 15) is 4.79 Å². The first kappa shape index (κ1) is 17.0. The highest BCUT2D eigenvalue weighted by atomic mass is 35.5. The van der Waals surface area contributed by atoms with Gasteiger partial charge in [-0.3, -0.25) is 9.48 Å². The van der Waals surface area contributed by atoms with E-state index in [0.717, 1.165) is 28.8 Å². The van der Waals surface area contributed by atoms with E-state index in [1.807, 2.05) is 49.2 Å². The van der Waals surface area contributed by atoms with Crippen LogP contribution in [0.2, 0.25) is 5.02 Å². The van der Waals surface area contributed by atoms with E-state index >= 15 is 0 Å². The molecule has 6 nitrogen and oxygen atoms in total. The topological polar surface area (TPSA) is 63.1 Å². The molecule has 1 aliphatic rings. The zero-order valence-corrected chi connectivity index (χ0v) is 15.5. The normalized spacial score (nSPS) is 17.7. The average Bonchev–Trinajstić information content (AvgIpc) is 3.02. The van der Waals surface area contributed by atoms with Gasteiger partial charge in [0, 0.05) is 37.4 Å². The third kappa shape index (κ3) is 2.85. The van der Waals surface area contributed by atoms with Crippen molar-refractivity contribution < 1.29 is 4.79 Å². The zero-order chi connectivity index (χ0) is 18.3. The summed E-state index contributed by atoms with van der Waals surface area (Å²) >= 11 is 6.41. The van der Waals surface area contributed by atoms with Crippen molar-refractivity contribution in [2.24, 2.45) is 7.05 Å². The molecule has 1 saturated heterocycles. The van der Waals surface area contributed by atoms with Crippen molar-refractivity contribution in [1.29, 1.82) is 0 Å². The number of nitrogens with zero attached hydrogens (tertiary/aromatic N) is 4. The number of piperazine rings is 1. The van der Waals surface area contributed by atoms with Gasteiger partial charge in [-0.15, -0.1) is 0 Å². The van der Waals surface area contributed by atoms with Crippen LogP contribution in [-0.4, -0.2) is 45.2 Å². The third-order valence-corrected chi connectivity index (χ3v) is 5.18. The van der Waals surface area contributed by atoms with Crippen LogP contribution in [-0.2, 0) is 7.05 Å². The first-order chi connectivity index (χ1) is 12.6. The fourth-order valence-corrected chi connectivity index (χ4v) is 3.80. The summed E-state index contributed by atoms with van der Waals surface area (Å²) in [5.41, 5.74) is 3.12. The largest absolute Gasteiger partial charge is 0.329 e. The lowest BCUT2D eigenvalue weighted by atomic mass is 10.0. The van der Waals surface area contributed by atoms with E-state index < -0.39 is 0 Å². The van der Waals surface area contributed by atoms with E-state index in [2.05, 4.69) is 15.4 Å². The second-order valence-corrected chi connectivity index (χ2v) is 6.96. The molecule has 0 bridgehead atoms. The van der Waals surface area contributed by atoms with Gasteiger partial charge in [0.25, 0.3) is 5.91 Å². The smallest absolute Gasteiger partial charge is 0.255 e. The fourth-order valence-electron chi connectivity index (χ4n) is 3.54. The van der Waals surface area contributed by atoms with E-state index in [4.69, 9.17) is 11.6 Å². The van der Waals surface area contributed by atoms with Gasteiger partial charge < -0.3 is 10.2 Å². The maximum atomic E-state index is 13.5. The van der Waals surface area contributed by atoms with Crippen molar-refractivity contribution in [1.82, 2.24) is 25.0 Å². The second kappa shape index (κ2) is 6.70. The van der Waals surface area contributed by atoms with Gasteiger partial charge in [-0.05, 0) is 24.6 Å². The maximum absolute atomic E-state index is 13.5. The molecule has 0 radical (unpaired) electrons. The molecule has 3 aromatic rings. The van der Waals surface area contributed by atoms with Gasteiger partial charge in [0.1, 0.15) is 0 Å². The number of carbonyl (C=O) groups is 1. The summed E-state index contributed by atoms with van der Waals surface area (Å²) in [7, 11) is 1.83. The molecule has 134 valence electrons. The molecular formula is C19H20ClN5O. The molecular weight excluding hydrogens is 350 g/mol. The number of pyridine rings is 1. The Morgan fingerprint density at radius 3 is 2.96 bits per heavy atom. The first-order valence-electron chi connectivity index (χ1n) is 8.61. The molecule has 1 aromatic carbocycles. The van der Waals surface area contributed by atoms with Crippen LogP contribution in [0.15, 0.2) is 36.5 Å². The van der Waals surface area contributed by atoms with Gasteiger partial charge in [0.2, 0.25) is 0 Å². The minimum absolute atomic E-state index is 0.0140. The molecule has 1 aliphatic heterocycles. The fraction of sp³-hybridized carbons (Fsp3) is 0.316. The number of aromatic nitrogens is 3. The van der Waals surface area contributed by atoms with Crippen molar-refractivity contribution in [2.75, 3.05) is 19.6 Å². The molecule has 1 atom stereocenters.